The van der Waals surface area contributed by atoms with Gasteiger partial charge in [-0.1, -0.05) is 12.1 Å². The molecule has 3 N–H and O–H groups in total. The lowest BCUT2D eigenvalue weighted by molar-refractivity contribution is 0.112. The Bertz CT molecular complexity index is 989. The topological polar surface area (TPSA) is 119 Å². The van der Waals surface area contributed by atoms with Crippen molar-refractivity contribution in [2.75, 3.05) is 23.9 Å². The number of nitrogens with zero attached hydrogens (tertiary/aromatic N) is 2. The Morgan fingerprint density at radius 3 is 2.57 bits per heavy atom. The fourth-order valence-electron chi connectivity index (χ4n) is 2.86. The molecule has 158 valence electrons. The molecule has 0 unspecified atom stereocenters. The van der Waals surface area contributed by atoms with Crippen molar-refractivity contribution in [3.05, 3.63) is 58.9 Å². The van der Waals surface area contributed by atoms with Crippen LogP contribution in [0.2, 0.25) is 0 Å². The Balaban J connectivity index is 0.000000335. The third-order valence-corrected chi connectivity index (χ3v) is 6.49. The minimum Gasteiger partial charge on any atom is -0.381 e. The van der Waals surface area contributed by atoms with Gasteiger partial charge in [-0.3, -0.25) is 19.4 Å². The first-order valence-electron chi connectivity index (χ1n) is 9.56. The number of hydrogen-bond donors (Lipinski definition) is 3. The summed E-state index contributed by atoms with van der Waals surface area (Å²) in [6, 6.07) is 10.7. The summed E-state index contributed by atoms with van der Waals surface area (Å²) in [6.45, 7) is 6.03. The number of nitrogens with one attached hydrogen (secondary N) is 3. The van der Waals surface area contributed by atoms with Crippen LogP contribution in [0, 0.1) is 16.7 Å². The lowest BCUT2D eigenvalue weighted by Crippen LogP contribution is -2.58. The molecule has 8 heteroatoms. The molecule has 1 aromatic carbocycles. The Morgan fingerprint density at radius 2 is 2.07 bits per heavy atom. The number of carbonyl (C=O) groups is 1. The van der Waals surface area contributed by atoms with Crippen LogP contribution in [-0.2, 0) is 10.8 Å². The number of carbonyl (C=O) groups excluding carboxylic acids is 1. The van der Waals surface area contributed by atoms with Gasteiger partial charge in [-0.25, -0.2) is 0 Å². The molecule has 1 aliphatic rings. The lowest BCUT2D eigenvalue weighted by Gasteiger charge is -2.36. The molecule has 7 nitrogen and oxygen atoms in total. The molecule has 0 radical (unpaired) electrons. The van der Waals surface area contributed by atoms with Crippen molar-refractivity contribution in [2.45, 2.75) is 32.4 Å². The van der Waals surface area contributed by atoms with Crippen LogP contribution in [0.1, 0.15) is 48.0 Å². The van der Waals surface area contributed by atoms with Crippen LogP contribution in [-0.4, -0.2) is 51.3 Å². The van der Waals surface area contributed by atoms with Gasteiger partial charge in [0, 0.05) is 51.2 Å². The van der Waals surface area contributed by atoms with E-state index in [1.165, 1.54) is 6.20 Å². The van der Waals surface area contributed by atoms with E-state index in [4.69, 9.17) is 10.7 Å². The van der Waals surface area contributed by atoms with Crippen LogP contribution in [0.4, 0.5) is 5.69 Å². The monoisotopic (exact) mass is 425 g/mol. The van der Waals surface area contributed by atoms with Crippen molar-refractivity contribution in [3.63, 3.8) is 0 Å². The summed E-state index contributed by atoms with van der Waals surface area (Å²) in [5.74, 6) is 1.65. The van der Waals surface area contributed by atoms with Crippen LogP contribution in [0.5, 0.6) is 0 Å². The number of aromatic nitrogens is 1. The molecular formula is C22H27N5O2S. The predicted octanol–water partition coefficient (Wildman–Crippen LogP) is 2.73. The highest BCUT2D eigenvalue weighted by atomic mass is 32.2. The van der Waals surface area contributed by atoms with Crippen LogP contribution in [0.3, 0.4) is 0 Å². The lowest BCUT2D eigenvalue weighted by atomic mass is 10.0. The first-order valence-corrected chi connectivity index (χ1v) is 11.0. The highest BCUT2D eigenvalue weighted by Gasteiger charge is 2.36. The van der Waals surface area contributed by atoms with Crippen LogP contribution < -0.4 is 10.6 Å². The number of benzene rings is 1. The van der Waals surface area contributed by atoms with Gasteiger partial charge >= 0.3 is 0 Å². The number of pyridine rings is 1. The number of anilines is 1. The normalized spacial score (nSPS) is 19.7. The first kappa shape index (κ1) is 23.4. The molecule has 1 saturated heterocycles. The maximum absolute atomic E-state index is 10.9. The molecule has 2 aromatic rings. The summed E-state index contributed by atoms with van der Waals surface area (Å²) in [4.78, 5) is 15.2. The van der Waals surface area contributed by atoms with E-state index in [-0.39, 0.29) is 17.3 Å². The van der Waals surface area contributed by atoms with E-state index in [1.54, 1.807) is 30.3 Å². The maximum Gasteiger partial charge on any atom is 0.151 e. The van der Waals surface area contributed by atoms with Gasteiger partial charge in [-0.15, -0.1) is 0 Å². The molecule has 0 aliphatic carbocycles. The molecule has 1 fully saturated rings. The van der Waals surface area contributed by atoms with Crippen molar-refractivity contribution in [2.24, 2.45) is 0 Å². The van der Waals surface area contributed by atoms with E-state index >= 15 is 0 Å². The van der Waals surface area contributed by atoms with Gasteiger partial charge in [-0.05, 0) is 46.0 Å². The molecule has 1 aromatic heterocycles. The molecule has 1 aliphatic heterocycles. The summed E-state index contributed by atoms with van der Waals surface area (Å²) in [6.07, 6.45) is 2.17. The molecule has 0 amide bonds. The molecule has 0 saturated carbocycles. The minimum absolute atomic E-state index is 0.140. The smallest absolute Gasteiger partial charge is 0.151 e. The third-order valence-electron chi connectivity index (χ3n) is 4.57. The Morgan fingerprint density at radius 1 is 1.37 bits per heavy atom. The largest absolute Gasteiger partial charge is 0.381 e. The van der Waals surface area contributed by atoms with Crippen LogP contribution in [0.15, 0.2) is 36.5 Å². The summed E-state index contributed by atoms with van der Waals surface area (Å²) in [7, 11) is 1.39. The van der Waals surface area contributed by atoms with E-state index < -0.39 is 10.8 Å². The number of nitriles is 1. The highest BCUT2D eigenvalue weighted by Crippen LogP contribution is 2.20. The fraction of sp³-hybridized carbons (Fsp3) is 0.364. The van der Waals surface area contributed by atoms with E-state index in [0.717, 1.165) is 17.8 Å². The predicted molar refractivity (Wildman–Crippen MR) is 121 cm³/mol. The highest BCUT2D eigenvalue weighted by molar-refractivity contribution is 7.86. The quantitative estimate of drug-likeness (QED) is 0.484. The van der Waals surface area contributed by atoms with Crippen molar-refractivity contribution < 1.29 is 9.00 Å². The summed E-state index contributed by atoms with van der Waals surface area (Å²) < 4.78 is 10.5. The number of aldehydes is 1. The van der Waals surface area contributed by atoms with Crippen molar-refractivity contribution in [3.8, 4) is 6.07 Å². The van der Waals surface area contributed by atoms with E-state index in [1.807, 2.05) is 20.9 Å². The molecule has 0 spiro atoms. The maximum atomic E-state index is 10.9. The molecule has 0 atom stereocenters. The van der Waals surface area contributed by atoms with Crippen molar-refractivity contribution in [1.29, 1.82) is 10.7 Å². The molecule has 30 heavy (non-hydrogen) atoms. The standard InChI is InChI=1S/C17H16N4O.C5H11NOS/c1-11(2)21-15-7-13(10-22)9-20-17(15)16(19)14-5-3-4-12(6-14)8-18;1-5(6-2)3-8(7)4-5/h3-7,9-11,19,21H,1-2H3;6H,3-4H2,1-2H3. The van der Waals surface area contributed by atoms with Crippen molar-refractivity contribution in [1.82, 2.24) is 10.3 Å². The Kier molecular flexibility index (Phi) is 7.98. The first-order chi connectivity index (χ1) is 14.2. The molecule has 3 rings (SSSR count). The second kappa shape index (κ2) is 10.2. The average Bonchev–Trinajstić information content (AvgIpc) is 2.72. The van der Waals surface area contributed by atoms with E-state index in [2.05, 4.69) is 28.6 Å². The summed E-state index contributed by atoms with van der Waals surface area (Å²) in [5.41, 5.74) is 3.03. The zero-order chi connectivity index (χ0) is 22.3. The average molecular weight is 426 g/mol. The van der Waals surface area contributed by atoms with Crippen molar-refractivity contribution >= 4 is 28.5 Å². The fourth-order valence-corrected chi connectivity index (χ4v) is 4.48. The Labute approximate surface area is 179 Å². The molecular weight excluding hydrogens is 398 g/mol. The van der Waals surface area contributed by atoms with Gasteiger partial charge in [0.15, 0.2) is 6.29 Å². The van der Waals surface area contributed by atoms with E-state index in [0.29, 0.717) is 28.1 Å². The zero-order valence-corrected chi connectivity index (χ0v) is 18.5. The second-order valence-corrected chi connectivity index (χ2v) is 9.15. The van der Waals surface area contributed by atoms with E-state index in [9.17, 15) is 9.00 Å². The van der Waals surface area contributed by atoms with Gasteiger partial charge in [0.1, 0.15) is 5.69 Å². The summed E-state index contributed by atoms with van der Waals surface area (Å²) >= 11 is 0. The Hall–Kier alpha value is -2.89. The second-order valence-electron chi connectivity index (χ2n) is 7.69. The van der Waals surface area contributed by atoms with Gasteiger partial charge in [0.25, 0.3) is 0 Å². The number of hydrogen-bond acceptors (Lipinski definition) is 7. The van der Waals surface area contributed by atoms with Gasteiger partial charge in [0.05, 0.1) is 23.0 Å². The van der Waals surface area contributed by atoms with Gasteiger partial charge in [0.2, 0.25) is 0 Å². The summed E-state index contributed by atoms with van der Waals surface area (Å²) in [5, 5.41) is 23.6. The van der Waals surface area contributed by atoms with Gasteiger partial charge < -0.3 is 10.6 Å². The minimum atomic E-state index is -0.524. The SMILES string of the molecule is CC(C)Nc1cc(C=O)cnc1C(=N)c1cccc(C#N)c1.CNC1(C)CS(=O)C1. The van der Waals surface area contributed by atoms with Gasteiger partial charge in [-0.2, -0.15) is 5.26 Å². The molecule has 2 heterocycles. The number of rotatable bonds is 6. The molecule has 0 bridgehead atoms. The third kappa shape index (κ3) is 6.05. The van der Waals surface area contributed by atoms with Crippen LogP contribution in [0.25, 0.3) is 0 Å². The van der Waals surface area contributed by atoms with Crippen LogP contribution >= 0.6 is 0 Å². The zero-order valence-electron chi connectivity index (χ0n) is 17.7.